The SMILES string of the molecule is Cc1cc(F)ccc1/C=C\O. The molecular formula is C9H9FO. The van der Waals surface area contributed by atoms with Gasteiger partial charge in [0, 0.05) is 0 Å². The van der Waals surface area contributed by atoms with Gasteiger partial charge < -0.3 is 5.11 Å². The highest BCUT2D eigenvalue weighted by molar-refractivity contribution is 5.52. The van der Waals surface area contributed by atoms with Crippen molar-refractivity contribution in [2.75, 3.05) is 0 Å². The molecule has 0 aromatic heterocycles. The van der Waals surface area contributed by atoms with Crippen LogP contribution in [0.15, 0.2) is 24.5 Å². The molecular weight excluding hydrogens is 143 g/mol. The minimum atomic E-state index is -0.252. The zero-order valence-electron chi connectivity index (χ0n) is 6.21. The van der Waals surface area contributed by atoms with E-state index in [1.807, 2.05) is 0 Å². The van der Waals surface area contributed by atoms with Crippen molar-refractivity contribution < 1.29 is 9.50 Å². The number of aliphatic hydroxyl groups is 1. The van der Waals surface area contributed by atoms with Crippen LogP contribution in [0.2, 0.25) is 0 Å². The maximum Gasteiger partial charge on any atom is 0.123 e. The van der Waals surface area contributed by atoms with Crippen LogP contribution in [0.4, 0.5) is 4.39 Å². The highest BCUT2D eigenvalue weighted by Gasteiger charge is 1.94. The van der Waals surface area contributed by atoms with E-state index < -0.39 is 0 Å². The summed E-state index contributed by atoms with van der Waals surface area (Å²) in [5, 5.41) is 8.44. The van der Waals surface area contributed by atoms with E-state index in [4.69, 9.17) is 5.11 Å². The third kappa shape index (κ3) is 1.80. The molecule has 0 aliphatic heterocycles. The van der Waals surface area contributed by atoms with Gasteiger partial charge in [0.1, 0.15) is 5.82 Å². The van der Waals surface area contributed by atoms with Crippen molar-refractivity contribution in [3.63, 3.8) is 0 Å². The predicted molar refractivity (Wildman–Crippen MR) is 42.8 cm³/mol. The van der Waals surface area contributed by atoms with Crippen LogP contribution in [0.5, 0.6) is 0 Å². The molecule has 0 fully saturated rings. The Labute approximate surface area is 64.8 Å². The fraction of sp³-hybridized carbons (Fsp3) is 0.111. The van der Waals surface area contributed by atoms with E-state index in [2.05, 4.69) is 0 Å². The molecule has 0 saturated carbocycles. The van der Waals surface area contributed by atoms with Crippen LogP contribution in [0.25, 0.3) is 6.08 Å². The largest absolute Gasteiger partial charge is 0.516 e. The van der Waals surface area contributed by atoms with Gasteiger partial charge in [-0.25, -0.2) is 4.39 Å². The van der Waals surface area contributed by atoms with E-state index in [0.29, 0.717) is 0 Å². The van der Waals surface area contributed by atoms with Crippen LogP contribution in [0.3, 0.4) is 0 Å². The van der Waals surface area contributed by atoms with Gasteiger partial charge in [-0.2, -0.15) is 0 Å². The molecule has 2 heteroatoms. The van der Waals surface area contributed by atoms with Crippen LogP contribution < -0.4 is 0 Å². The lowest BCUT2D eigenvalue weighted by Gasteiger charge is -1.97. The first-order valence-corrected chi connectivity index (χ1v) is 3.31. The lowest BCUT2D eigenvalue weighted by molar-refractivity contribution is 0.478. The Bertz CT molecular complexity index is 279. The Morgan fingerprint density at radius 2 is 2.18 bits per heavy atom. The normalized spacial score (nSPS) is 10.7. The average molecular weight is 152 g/mol. The molecule has 0 radical (unpaired) electrons. The van der Waals surface area contributed by atoms with Crippen molar-refractivity contribution in [2.45, 2.75) is 6.92 Å². The first-order valence-electron chi connectivity index (χ1n) is 3.31. The number of rotatable bonds is 1. The summed E-state index contributed by atoms with van der Waals surface area (Å²) in [5.74, 6) is -0.252. The number of benzene rings is 1. The second kappa shape index (κ2) is 3.19. The van der Waals surface area contributed by atoms with Crippen molar-refractivity contribution in [3.8, 4) is 0 Å². The maximum absolute atomic E-state index is 12.5. The van der Waals surface area contributed by atoms with E-state index in [1.165, 1.54) is 18.2 Å². The fourth-order valence-electron chi connectivity index (χ4n) is 0.906. The number of halogens is 1. The molecule has 11 heavy (non-hydrogen) atoms. The van der Waals surface area contributed by atoms with Crippen LogP contribution >= 0.6 is 0 Å². The van der Waals surface area contributed by atoms with Crippen molar-refractivity contribution in [1.29, 1.82) is 0 Å². The van der Waals surface area contributed by atoms with Crippen molar-refractivity contribution in [1.82, 2.24) is 0 Å². The molecule has 0 atom stereocenters. The molecule has 0 amide bonds. The van der Waals surface area contributed by atoms with Crippen LogP contribution in [0.1, 0.15) is 11.1 Å². The van der Waals surface area contributed by atoms with Gasteiger partial charge >= 0.3 is 0 Å². The van der Waals surface area contributed by atoms with Gasteiger partial charge in [0.15, 0.2) is 0 Å². The maximum atomic E-state index is 12.5. The Hall–Kier alpha value is -1.31. The van der Waals surface area contributed by atoms with Crippen molar-refractivity contribution in [3.05, 3.63) is 41.4 Å². The molecule has 0 heterocycles. The van der Waals surface area contributed by atoms with E-state index >= 15 is 0 Å². The summed E-state index contributed by atoms with van der Waals surface area (Å²) >= 11 is 0. The zero-order chi connectivity index (χ0) is 8.27. The van der Waals surface area contributed by atoms with Crippen LogP contribution in [0, 0.1) is 12.7 Å². The van der Waals surface area contributed by atoms with Crippen molar-refractivity contribution in [2.24, 2.45) is 0 Å². The minimum absolute atomic E-state index is 0.252. The van der Waals surface area contributed by atoms with Gasteiger partial charge in [0.05, 0.1) is 6.26 Å². The molecule has 1 nitrogen and oxygen atoms in total. The molecule has 58 valence electrons. The molecule has 0 aliphatic carbocycles. The van der Waals surface area contributed by atoms with Crippen LogP contribution in [-0.2, 0) is 0 Å². The third-order valence-corrected chi connectivity index (χ3v) is 1.49. The highest BCUT2D eigenvalue weighted by atomic mass is 19.1. The molecule has 1 rings (SSSR count). The third-order valence-electron chi connectivity index (χ3n) is 1.49. The number of hydrogen-bond donors (Lipinski definition) is 1. The Balaban J connectivity index is 3.09. The number of aliphatic hydroxyl groups excluding tert-OH is 1. The van der Waals surface area contributed by atoms with Crippen LogP contribution in [-0.4, -0.2) is 5.11 Å². The van der Waals surface area contributed by atoms with E-state index in [0.717, 1.165) is 17.4 Å². The number of aryl methyl sites for hydroxylation is 1. The summed E-state index contributed by atoms with van der Waals surface area (Å²) in [6, 6.07) is 4.41. The predicted octanol–water partition coefficient (Wildman–Crippen LogP) is 2.66. The van der Waals surface area contributed by atoms with Gasteiger partial charge in [-0.05, 0) is 36.3 Å². The summed E-state index contributed by atoms with van der Waals surface area (Å²) in [4.78, 5) is 0. The Morgan fingerprint density at radius 3 is 2.73 bits per heavy atom. The monoisotopic (exact) mass is 152 g/mol. The van der Waals surface area contributed by atoms with Gasteiger partial charge in [-0.3, -0.25) is 0 Å². The topological polar surface area (TPSA) is 20.2 Å². The summed E-state index contributed by atoms with van der Waals surface area (Å²) in [6.45, 7) is 1.79. The molecule has 0 unspecified atom stereocenters. The zero-order valence-corrected chi connectivity index (χ0v) is 6.21. The lowest BCUT2D eigenvalue weighted by atomic mass is 10.1. The molecule has 1 N–H and O–H groups in total. The molecule has 0 saturated heterocycles. The van der Waals surface area contributed by atoms with Gasteiger partial charge in [-0.15, -0.1) is 0 Å². The Morgan fingerprint density at radius 1 is 1.45 bits per heavy atom. The molecule has 0 spiro atoms. The summed E-state index contributed by atoms with van der Waals surface area (Å²) in [7, 11) is 0. The standard InChI is InChI=1S/C9H9FO/c1-7-6-9(10)3-2-8(7)4-5-11/h2-6,11H,1H3/b5-4-. The van der Waals surface area contributed by atoms with Gasteiger partial charge in [0.2, 0.25) is 0 Å². The summed E-state index contributed by atoms with van der Waals surface area (Å²) in [6.07, 6.45) is 2.47. The molecule has 1 aromatic carbocycles. The fourth-order valence-corrected chi connectivity index (χ4v) is 0.906. The van der Waals surface area contributed by atoms with E-state index in [-0.39, 0.29) is 5.82 Å². The first kappa shape index (κ1) is 7.79. The summed E-state index contributed by atoms with van der Waals surface area (Å²) < 4.78 is 12.5. The molecule has 0 bridgehead atoms. The van der Waals surface area contributed by atoms with E-state index in [9.17, 15) is 4.39 Å². The van der Waals surface area contributed by atoms with Gasteiger partial charge in [-0.1, -0.05) is 6.07 Å². The molecule has 0 aliphatic rings. The smallest absolute Gasteiger partial charge is 0.123 e. The second-order valence-corrected chi connectivity index (χ2v) is 2.32. The summed E-state index contributed by atoms with van der Waals surface area (Å²) in [5.41, 5.74) is 1.64. The quantitative estimate of drug-likeness (QED) is 0.613. The van der Waals surface area contributed by atoms with E-state index in [1.54, 1.807) is 13.0 Å². The lowest BCUT2D eigenvalue weighted by Crippen LogP contribution is -1.81. The molecule has 1 aromatic rings. The average Bonchev–Trinajstić information content (AvgIpc) is 1.95. The first-order chi connectivity index (χ1) is 5.24. The van der Waals surface area contributed by atoms with Crippen molar-refractivity contribution >= 4 is 6.08 Å². The second-order valence-electron chi connectivity index (χ2n) is 2.32. The highest BCUT2D eigenvalue weighted by Crippen LogP contribution is 2.10. The van der Waals surface area contributed by atoms with Gasteiger partial charge in [0.25, 0.3) is 0 Å². The minimum Gasteiger partial charge on any atom is -0.516 e. The number of hydrogen-bond acceptors (Lipinski definition) is 1. The Kier molecular flexibility index (Phi) is 2.26.